The molecule has 1 rings (SSSR count). The lowest BCUT2D eigenvalue weighted by molar-refractivity contribution is 1.41. The number of halogens is 1. The first-order valence-electron chi connectivity index (χ1n) is 3.74. The van der Waals surface area contributed by atoms with E-state index in [0.29, 0.717) is 10.9 Å². The molecule has 0 amide bonds. The largest absolute Gasteiger partial charge is 0.384 e. The Hall–Kier alpha value is -1.27. The van der Waals surface area contributed by atoms with Crippen LogP contribution in [0.4, 0.5) is 0 Å². The first-order valence-corrected chi connectivity index (χ1v) is 4.86. The number of nitrogen functional groups attached to an aromatic ring is 1. The highest BCUT2D eigenvalue weighted by Gasteiger charge is 2.00. The fraction of sp³-hybridized carbons (Fsp3) is 0.100. The Bertz CT molecular complexity index is 374. The van der Waals surface area contributed by atoms with Crippen LogP contribution in [0.25, 0.3) is 0 Å². The highest BCUT2D eigenvalue weighted by molar-refractivity contribution is 9.09. The van der Waals surface area contributed by atoms with E-state index in [1.807, 2.05) is 18.2 Å². The van der Waals surface area contributed by atoms with E-state index in [2.05, 4.69) is 27.8 Å². The zero-order valence-corrected chi connectivity index (χ0v) is 8.56. The lowest BCUT2D eigenvalue weighted by Gasteiger charge is -2.00. The Morgan fingerprint density at radius 3 is 2.77 bits per heavy atom. The molecule has 0 radical (unpaired) electrons. The van der Waals surface area contributed by atoms with E-state index in [1.165, 1.54) is 0 Å². The summed E-state index contributed by atoms with van der Waals surface area (Å²) in [5.74, 6) is 5.86. The normalized spacial score (nSPS) is 8.69. The Morgan fingerprint density at radius 1 is 1.46 bits per heavy atom. The summed E-state index contributed by atoms with van der Waals surface area (Å²) in [6.45, 7) is 0. The fourth-order valence-electron chi connectivity index (χ4n) is 0.956. The minimum Gasteiger partial charge on any atom is -0.384 e. The molecule has 1 aromatic carbocycles. The molecule has 0 aliphatic heterocycles. The summed E-state index contributed by atoms with van der Waals surface area (Å²) in [5, 5.41) is 7.93. The Labute approximate surface area is 85.8 Å². The van der Waals surface area contributed by atoms with Crippen molar-refractivity contribution in [2.24, 2.45) is 5.73 Å². The molecule has 0 spiro atoms. The van der Waals surface area contributed by atoms with Gasteiger partial charge in [-0.1, -0.05) is 46.0 Å². The van der Waals surface area contributed by atoms with Crippen LogP contribution in [0.15, 0.2) is 24.3 Å². The minimum atomic E-state index is 0.0551. The maximum atomic E-state index is 7.31. The molecular weight excluding hydrogens is 228 g/mol. The van der Waals surface area contributed by atoms with Gasteiger partial charge in [0.25, 0.3) is 0 Å². The van der Waals surface area contributed by atoms with Gasteiger partial charge in [0.1, 0.15) is 5.84 Å². The van der Waals surface area contributed by atoms with E-state index < -0.39 is 0 Å². The summed E-state index contributed by atoms with van der Waals surface area (Å²) in [4.78, 5) is 0. The number of rotatable bonds is 1. The van der Waals surface area contributed by atoms with Crippen molar-refractivity contribution in [3.8, 4) is 11.8 Å². The van der Waals surface area contributed by atoms with Gasteiger partial charge in [-0.15, -0.1) is 0 Å². The molecule has 66 valence electrons. The lowest BCUT2D eigenvalue weighted by Crippen LogP contribution is -2.12. The maximum Gasteiger partial charge on any atom is 0.124 e. The van der Waals surface area contributed by atoms with Crippen molar-refractivity contribution in [2.45, 2.75) is 0 Å². The highest BCUT2D eigenvalue weighted by Crippen LogP contribution is 2.05. The zero-order chi connectivity index (χ0) is 9.68. The second-order valence-corrected chi connectivity index (χ2v) is 2.96. The van der Waals surface area contributed by atoms with Crippen molar-refractivity contribution in [3.05, 3.63) is 35.4 Å². The topological polar surface area (TPSA) is 49.9 Å². The van der Waals surface area contributed by atoms with Crippen molar-refractivity contribution >= 4 is 21.8 Å². The molecule has 1 aromatic rings. The quantitative estimate of drug-likeness (QED) is 0.332. The zero-order valence-electron chi connectivity index (χ0n) is 6.97. The van der Waals surface area contributed by atoms with Crippen LogP contribution in [-0.4, -0.2) is 11.2 Å². The number of hydrogen-bond acceptors (Lipinski definition) is 1. The predicted octanol–water partition coefficient (Wildman–Crippen LogP) is 1.72. The monoisotopic (exact) mass is 236 g/mol. The van der Waals surface area contributed by atoms with Crippen LogP contribution in [0, 0.1) is 17.3 Å². The molecule has 2 nitrogen and oxygen atoms in total. The van der Waals surface area contributed by atoms with Crippen molar-refractivity contribution < 1.29 is 0 Å². The van der Waals surface area contributed by atoms with Crippen molar-refractivity contribution in [2.75, 3.05) is 5.33 Å². The van der Waals surface area contributed by atoms with Crippen LogP contribution >= 0.6 is 15.9 Å². The third-order valence-corrected chi connectivity index (χ3v) is 1.79. The molecule has 0 fully saturated rings. The number of nitrogens with one attached hydrogen (secondary N) is 1. The summed E-state index contributed by atoms with van der Waals surface area (Å²) in [7, 11) is 0. The average Bonchev–Trinajstić information content (AvgIpc) is 2.15. The molecule has 0 aromatic heterocycles. The van der Waals surface area contributed by atoms with Crippen LogP contribution in [0.3, 0.4) is 0 Å². The maximum absolute atomic E-state index is 7.31. The molecule has 0 bridgehead atoms. The van der Waals surface area contributed by atoms with Gasteiger partial charge in [0.15, 0.2) is 0 Å². The van der Waals surface area contributed by atoms with E-state index >= 15 is 0 Å². The number of amidine groups is 1. The van der Waals surface area contributed by atoms with Crippen LogP contribution in [-0.2, 0) is 0 Å². The van der Waals surface area contributed by atoms with E-state index in [4.69, 9.17) is 11.1 Å². The Morgan fingerprint density at radius 2 is 2.15 bits per heavy atom. The Balaban J connectivity index is 3.12. The summed E-state index contributed by atoms with van der Waals surface area (Å²) >= 11 is 3.21. The van der Waals surface area contributed by atoms with Gasteiger partial charge in [-0.2, -0.15) is 0 Å². The molecule has 13 heavy (non-hydrogen) atoms. The number of benzene rings is 1. The number of nitrogens with two attached hydrogens (primary N) is 1. The third-order valence-electron chi connectivity index (χ3n) is 1.51. The molecule has 0 heterocycles. The van der Waals surface area contributed by atoms with Crippen molar-refractivity contribution in [1.29, 1.82) is 5.41 Å². The van der Waals surface area contributed by atoms with E-state index in [1.54, 1.807) is 6.07 Å². The molecule has 0 aliphatic carbocycles. The SMILES string of the molecule is N=C(N)c1ccccc1C#CCBr. The van der Waals surface area contributed by atoms with Gasteiger partial charge in [0, 0.05) is 11.1 Å². The van der Waals surface area contributed by atoms with Gasteiger partial charge >= 0.3 is 0 Å². The molecular formula is C10H9BrN2. The summed E-state index contributed by atoms with van der Waals surface area (Å²) in [6.07, 6.45) is 0. The first-order chi connectivity index (χ1) is 6.25. The van der Waals surface area contributed by atoms with Crippen LogP contribution in [0.2, 0.25) is 0 Å². The van der Waals surface area contributed by atoms with Gasteiger partial charge in [0.2, 0.25) is 0 Å². The van der Waals surface area contributed by atoms with Gasteiger partial charge < -0.3 is 5.73 Å². The summed E-state index contributed by atoms with van der Waals surface area (Å²) < 4.78 is 0. The van der Waals surface area contributed by atoms with Crippen LogP contribution in [0.1, 0.15) is 11.1 Å². The molecule has 0 atom stereocenters. The van der Waals surface area contributed by atoms with Crippen molar-refractivity contribution in [1.82, 2.24) is 0 Å². The molecule has 0 saturated carbocycles. The summed E-state index contributed by atoms with van der Waals surface area (Å²) in [6, 6.07) is 7.37. The molecule has 0 aliphatic rings. The van der Waals surface area contributed by atoms with E-state index in [0.717, 1.165) is 5.56 Å². The third kappa shape index (κ3) is 2.60. The average molecular weight is 237 g/mol. The van der Waals surface area contributed by atoms with Gasteiger partial charge in [0.05, 0.1) is 5.33 Å². The van der Waals surface area contributed by atoms with Gasteiger partial charge in [-0.05, 0) is 6.07 Å². The van der Waals surface area contributed by atoms with E-state index in [-0.39, 0.29) is 5.84 Å². The molecule has 0 saturated heterocycles. The number of hydrogen-bond donors (Lipinski definition) is 2. The highest BCUT2D eigenvalue weighted by atomic mass is 79.9. The summed E-state index contributed by atoms with van der Waals surface area (Å²) in [5.41, 5.74) is 6.88. The lowest BCUT2D eigenvalue weighted by atomic mass is 10.1. The van der Waals surface area contributed by atoms with Gasteiger partial charge in [-0.25, -0.2) is 0 Å². The van der Waals surface area contributed by atoms with Crippen LogP contribution < -0.4 is 5.73 Å². The fourth-order valence-corrected chi connectivity index (χ4v) is 1.10. The van der Waals surface area contributed by atoms with E-state index in [9.17, 15) is 0 Å². The molecule has 3 N–H and O–H groups in total. The first kappa shape index (κ1) is 9.82. The molecule has 3 heteroatoms. The second-order valence-electron chi connectivity index (χ2n) is 2.39. The Kier molecular flexibility index (Phi) is 3.53. The van der Waals surface area contributed by atoms with Gasteiger partial charge in [-0.3, -0.25) is 5.41 Å². The molecule has 0 unspecified atom stereocenters. The minimum absolute atomic E-state index is 0.0551. The standard InChI is InChI=1S/C10H9BrN2/c11-7-3-5-8-4-1-2-6-9(8)10(12)13/h1-2,4,6H,7H2,(H3,12,13). The van der Waals surface area contributed by atoms with Crippen molar-refractivity contribution in [3.63, 3.8) is 0 Å². The predicted molar refractivity (Wildman–Crippen MR) is 58.1 cm³/mol. The second kappa shape index (κ2) is 4.68. The smallest absolute Gasteiger partial charge is 0.124 e. The number of alkyl halides is 1. The van der Waals surface area contributed by atoms with Crippen LogP contribution in [0.5, 0.6) is 0 Å².